The zero-order valence-corrected chi connectivity index (χ0v) is 12.9. The molecule has 1 heterocycles. The van der Waals surface area contributed by atoms with Crippen molar-refractivity contribution in [3.8, 4) is 0 Å². The molecule has 1 unspecified atom stereocenters. The minimum atomic E-state index is -0.464. The maximum absolute atomic E-state index is 13.0. The molecule has 0 spiro atoms. The number of nitrogens with zero attached hydrogens (tertiary/aromatic N) is 1. The van der Waals surface area contributed by atoms with Gasteiger partial charge in [-0.1, -0.05) is 30.3 Å². The molecule has 1 aromatic carbocycles. The van der Waals surface area contributed by atoms with Crippen molar-refractivity contribution in [2.45, 2.75) is 45.1 Å². The third-order valence-electron chi connectivity index (χ3n) is 4.34. The smallest absolute Gasteiger partial charge is 0.232 e. The van der Waals surface area contributed by atoms with Crippen LogP contribution in [0.2, 0.25) is 0 Å². The SMILES string of the molecule is CCN(C(=O)C(C)(C)c1ccccc1)C1CCCNC1. The summed E-state index contributed by atoms with van der Waals surface area (Å²) in [6, 6.07) is 10.4. The highest BCUT2D eigenvalue weighted by atomic mass is 16.2. The molecule has 110 valence electrons. The van der Waals surface area contributed by atoms with Gasteiger partial charge in [-0.15, -0.1) is 0 Å². The minimum absolute atomic E-state index is 0.236. The van der Waals surface area contributed by atoms with Gasteiger partial charge in [0, 0.05) is 19.1 Å². The van der Waals surface area contributed by atoms with Gasteiger partial charge in [0.15, 0.2) is 0 Å². The van der Waals surface area contributed by atoms with Crippen LogP contribution in [0.5, 0.6) is 0 Å². The van der Waals surface area contributed by atoms with Crippen LogP contribution in [0.4, 0.5) is 0 Å². The predicted octanol–water partition coefficient (Wildman–Crippen LogP) is 2.56. The van der Waals surface area contributed by atoms with E-state index in [1.807, 2.05) is 44.2 Å². The van der Waals surface area contributed by atoms with Gasteiger partial charge in [-0.2, -0.15) is 0 Å². The summed E-state index contributed by atoms with van der Waals surface area (Å²) in [5.74, 6) is 0.236. The molecular weight excluding hydrogens is 248 g/mol. The average molecular weight is 274 g/mol. The summed E-state index contributed by atoms with van der Waals surface area (Å²) in [5, 5.41) is 3.40. The number of amides is 1. The van der Waals surface area contributed by atoms with Crippen molar-refractivity contribution < 1.29 is 4.79 Å². The second kappa shape index (κ2) is 6.40. The zero-order valence-electron chi connectivity index (χ0n) is 12.9. The molecule has 0 saturated carbocycles. The van der Waals surface area contributed by atoms with Crippen molar-refractivity contribution >= 4 is 5.91 Å². The third kappa shape index (κ3) is 3.04. The quantitative estimate of drug-likeness (QED) is 0.915. The number of piperidine rings is 1. The van der Waals surface area contributed by atoms with E-state index in [2.05, 4.69) is 17.1 Å². The van der Waals surface area contributed by atoms with E-state index in [9.17, 15) is 4.79 Å². The van der Waals surface area contributed by atoms with E-state index in [-0.39, 0.29) is 5.91 Å². The molecule has 3 nitrogen and oxygen atoms in total. The highest BCUT2D eigenvalue weighted by molar-refractivity contribution is 5.87. The molecule has 0 bridgehead atoms. The van der Waals surface area contributed by atoms with Gasteiger partial charge in [0.2, 0.25) is 5.91 Å². The molecular formula is C17H26N2O. The van der Waals surface area contributed by atoms with Gasteiger partial charge in [-0.05, 0) is 45.7 Å². The standard InChI is InChI=1S/C17H26N2O/c1-4-19(15-11-8-12-18-13-15)16(20)17(2,3)14-9-6-5-7-10-14/h5-7,9-10,15,18H,4,8,11-13H2,1-3H3. The molecule has 0 aromatic heterocycles. The summed E-state index contributed by atoms with van der Waals surface area (Å²) >= 11 is 0. The lowest BCUT2D eigenvalue weighted by Gasteiger charge is -2.39. The molecule has 0 radical (unpaired) electrons. The van der Waals surface area contributed by atoms with Crippen LogP contribution in [0, 0.1) is 0 Å². The first-order chi connectivity index (χ1) is 9.57. The first-order valence-electron chi connectivity index (χ1n) is 7.64. The molecule has 3 heteroatoms. The molecule has 2 rings (SSSR count). The third-order valence-corrected chi connectivity index (χ3v) is 4.34. The Kier molecular flexibility index (Phi) is 4.81. The monoisotopic (exact) mass is 274 g/mol. The molecule has 0 aliphatic carbocycles. The number of nitrogens with one attached hydrogen (secondary N) is 1. The van der Waals surface area contributed by atoms with Gasteiger partial charge < -0.3 is 10.2 Å². The molecule has 1 aliphatic heterocycles. The Hall–Kier alpha value is -1.35. The number of likely N-dealkylation sites (N-methyl/N-ethyl adjacent to an activating group) is 1. The molecule has 1 amide bonds. The van der Waals surface area contributed by atoms with E-state index < -0.39 is 5.41 Å². The van der Waals surface area contributed by atoms with Crippen molar-refractivity contribution in [2.75, 3.05) is 19.6 Å². The largest absolute Gasteiger partial charge is 0.338 e. The maximum atomic E-state index is 13.0. The van der Waals surface area contributed by atoms with Crippen molar-refractivity contribution in [3.63, 3.8) is 0 Å². The van der Waals surface area contributed by atoms with Crippen LogP contribution < -0.4 is 5.32 Å². The predicted molar refractivity (Wildman–Crippen MR) is 82.7 cm³/mol. The van der Waals surface area contributed by atoms with Crippen LogP contribution in [0.1, 0.15) is 39.2 Å². The highest BCUT2D eigenvalue weighted by Gasteiger charge is 2.36. The lowest BCUT2D eigenvalue weighted by molar-refractivity contribution is -0.138. The Morgan fingerprint density at radius 3 is 2.60 bits per heavy atom. The van der Waals surface area contributed by atoms with Crippen molar-refractivity contribution in [2.24, 2.45) is 0 Å². The van der Waals surface area contributed by atoms with Gasteiger partial charge in [0.25, 0.3) is 0 Å². The first-order valence-corrected chi connectivity index (χ1v) is 7.64. The highest BCUT2D eigenvalue weighted by Crippen LogP contribution is 2.27. The van der Waals surface area contributed by atoms with Crippen LogP contribution in [0.3, 0.4) is 0 Å². The summed E-state index contributed by atoms with van der Waals surface area (Å²) in [7, 11) is 0. The molecule has 1 aliphatic rings. The van der Waals surface area contributed by atoms with Crippen LogP contribution in [0.15, 0.2) is 30.3 Å². The fraction of sp³-hybridized carbons (Fsp3) is 0.588. The van der Waals surface area contributed by atoms with E-state index in [4.69, 9.17) is 0 Å². The topological polar surface area (TPSA) is 32.3 Å². The number of carbonyl (C=O) groups is 1. The second-order valence-electron chi connectivity index (χ2n) is 6.08. The molecule has 20 heavy (non-hydrogen) atoms. The van der Waals surface area contributed by atoms with Gasteiger partial charge in [0.05, 0.1) is 5.41 Å². The average Bonchev–Trinajstić information content (AvgIpc) is 2.50. The number of rotatable bonds is 4. The van der Waals surface area contributed by atoms with E-state index in [1.54, 1.807) is 0 Å². The Morgan fingerprint density at radius 1 is 1.35 bits per heavy atom. The normalized spacial score (nSPS) is 19.6. The van der Waals surface area contributed by atoms with Crippen LogP contribution >= 0.6 is 0 Å². The number of hydrogen-bond donors (Lipinski definition) is 1. The molecule has 1 N–H and O–H groups in total. The van der Waals surface area contributed by atoms with E-state index >= 15 is 0 Å². The lowest BCUT2D eigenvalue weighted by Crippen LogP contribution is -2.53. The van der Waals surface area contributed by atoms with Crippen LogP contribution in [-0.2, 0) is 10.2 Å². The molecule has 1 saturated heterocycles. The van der Waals surface area contributed by atoms with E-state index in [0.717, 1.165) is 38.0 Å². The summed E-state index contributed by atoms with van der Waals surface area (Å²) in [6.07, 6.45) is 2.26. The number of carbonyl (C=O) groups excluding carboxylic acids is 1. The Labute approximate surface area is 122 Å². The summed E-state index contributed by atoms with van der Waals surface area (Å²) in [6.45, 7) is 8.91. The fourth-order valence-electron chi connectivity index (χ4n) is 3.00. The zero-order chi connectivity index (χ0) is 14.6. The van der Waals surface area contributed by atoms with Gasteiger partial charge >= 0.3 is 0 Å². The van der Waals surface area contributed by atoms with E-state index in [0.29, 0.717) is 6.04 Å². The number of benzene rings is 1. The van der Waals surface area contributed by atoms with Crippen LogP contribution in [-0.4, -0.2) is 36.5 Å². The Morgan fingerprint density at radius 2 is 2.05 bits per heavy atom. The molecule has 1 fully saturated rings. The van der Waals surface area contributed by atoms with Crippen molar-refractivity contribution in [3.05, 3.63) is 35.9 Å². The van der Waals surface area contributed by atoms with Gasteiger partial charge in [0.1, 0.15) is 0 Å². The van der Waals surface area contributed by atoms with Gasteiger partial charge in [-0.25, -0.2) is 0 Å². The first kappa shape index (κ1) is 15.0. The lowest BCUT2D eigenvalue weighted by atomic mass is 9.82. The molecule has 1 atom stereocenters. The maximum Gasteiger partial charge on any atom is 0.232 e. The Balaban J connectivity index is 2.18. The number of hydrogen-bond acceptors (Lipinski definition) is 2. The molecule has 1 aromatic rings. The van der Waals surface area contributed by atoms with Crippen LogP contribution in [0.25, 0.3) is 0 Å². The van der Waals surface area contributed by atoms with Gasteiger partial charge in [-0.3, -0.25) is 4.79 Å². The van der Waals surface area contributed by atoms with Crippen molar-refractivity contribution in [1.29, 1.82) is 0 Å². The minimum Gasteiger partial charge on any atom is -0.338 e. The Bertz CT molecular complexity index is 436. The van der Waals surface area contributed by atoms with E-state index in [1.165, 1.54) is 0 Å². The fourth-order valence-corrected chi connectivity index (χ4v) is 3.00. The van der Waals surface area contributed by atoms with Crippen molar-refractivity contribution in [1.82, 2.24) is 10.2 Å². The summed E-state index contributed by atoms with van der Waals surface area (Å²) < 4.78 is 0. The summed E-state index contributed by atoms with van der Waals surface area (Å²) in [4.78, 5) is 15.0. The second-order valence-corrected chi connectivity index (χ2v) is 6.08. The summed E-state index contributed by atoms with van der Waals surface area (Å²) in [5.41, 5.74) is 0.626.